The number of hydrogen-bond donors (Lipinski definition) is 1. The summed E-state index contributed by atoms with van der Waals surface area (Å²) in [5.41, 5.74) is 3.18. The van der Waals surface area contributed by atoms with Gasteiger partial charge in [-0.1, -0.05) is 18.2 Å². The van der Waals surface area contributed by atoms with Crippen LogP contribution in [0.1, 0.15) is 16.7 Å². The van der Waals surface area contributed by atoms with Crippen molar-refractivity contribution < 1.29 is 9.90 Å². The number of benzene rings is 1. The molecule has 1 aromatic carbocycles. The van der Waals surface area contributed by atoms with Gasteiger partial charge in [0.2, 0.25) is 0 Å². The lowest BCUT2D eigenvalue weighted by molar-refractivity contribution is -0.139. The lowest BCUT2D eigenvalue weighted by Crippen LogP contribution is -2.14. The minimum atomic E-state index is -1.06. The van der Waals surface area contributed by atoms with Crippen LogP contribution in [-0.4, -0.2) is 11.1 Å². The van der Waals surface area contributed by atoms with E-state index in [1.165, 1.54) is 5.56 Å². The second kappa shape index (κ2) is 4.61. The van der Waals surface area contributed by atoms with Gasteiger partial charge in [0.25, 0.3) is 0 Å². The highest BCUT2D eigenvalue weighted by Crippen LogP contribution is 2.13. The van der Waals surface area contributed by atoms with E-state index in [2.05, 4.69) is 0 Å². The average Bonchev–Trinajstić information content (AvgIpc) is 2.19. The zero-order valence-corrected chi connectivity index (χ0v) is 8.82. The number of aliphatic carboxylic acids is 1. The molecule has 0 amide bonds. The van der Waals surface area contributed by atoms with E-state index in [4.69, 9.17) is 10.4 Å². The lowest BCUT2D eigenvalue weighted by atomic mass is 9.98. The van der Waals surface area contributed by atoms with Crippen molar-refractivity contribution in [2.75, 3.05) is 0 Å². The Morgan fingerprint density at radius 3 is 2.60 bits per heavy atom. The van der Waals surface area contributed by atoms with Crippen molar-refractivity contribution in [1.82, 2.24) is 0 Å². The van der Waals surface area contributed by atoms with Gasteiger partial charge in [-0.3, -0.25) is 4.79 Å². The molecule has 0 unspecified atom stereocenters. The normalized spacial score (nSPS) is 11.8. The van der Waals surface area contributed by atoms with Gasteiger partial charge in [-0.25, -0.2) is 0 Å². The molecule has 0 saturated carbocycles. The molecule has 0 spiro atoms. The number of carbonyl (C=O) groups is 1. The third-order valence-corrected chi connectivity index (χ3v) is 2.47. The molecular weight excluding hydrogens is 190 g/mol. The number of rotatable bonds is 3. The first kappa shape index (κ1) is 11.3. The highest BCUT2D eigenvalue weighted by molar-refractivity contribution is 5.73. The molecule has 0 saturated heterocycles. The molecule has 1 N–H and O–H groups in total. The Balaban J connectivity index is 2.86. The Morgan fingerprint density at radius 2 is 2.13 bits per heavy atom. The average molecular weight is 203 g/mol. The van der Waals surface area contributed by atoms with Crippen LogP contribution in [0.3, 0.4) is 0 Å². The van der Waals surface area contributed by atoms with Crippen LogP contribution in [0.2, 0.25) is 0 Å². The van der Waals surface area contributed by atoms with Gasteiger partial charge in [0.05, 0.1) is 6.07 Å². The fourth-order valence-corrected chi connectivity index (χ4v) is 1.35. The van der Waals surface area contributed by atoms with Crippen LogP contribution < -0.4 is 0 Å². The topological polar surface area (TPSA) is 61.1 Å². The maximum absolute atomic E-state index is 10.7. The molecule has 78 valence electrons. The number of hydrogen-bond acceptors (Lipinski definition) is 2. The Hall–Kier alpha value is -1.82. The van der Waals surface area contributed by atoms with E-state index in [1.807, 2.05) is 32.0 Å². The smallest absolute Gasteiger partial charge is 0.321 e. The van der Waals surface area contributed by atoms with Crippen LogP contribution in [-0.2, 0) is 11.2 Å². The summed E-state index contributed by atoms with van der Waals surface area (Å²) >= 11 is 0. The molecule has 0 bridgehead atoms. The molecule has 0 fully saturated rings. The largest absolute Gasteiger partial charge is 0.480 e. The second-order valence-electron chi connectivity index (χ2n) is 3.64. The SMILES string of the molecule is Cc1ccc(C[C@H](C#N)C(=O)O)cc1C. The summed E-state index contributed by atoms with van der Waals surface area (Å²) < 4.78 is 0. The van der Waals surface area contributed by atoms with Crippen molar-refractivity contribution in [3.05, 3.63) is 34.9 Å². The number of carboxylic acid groups (broad SMARTS) is 1. The van der Waals surface area contributed by atoms with Gasteiger partial charge in [0.1, 0.15) is 5.92 Å². The summed E-state index contributed by atoms with van der Waals surface area (Å²) in [6.45, 7) is 3.97. The summed E-state index contributed by atoms with van der Waals surface area (Å²) in [6, 6.07) is 7.53. The Kier molecular flexibility index (Phi) is 3.46. The van der Waals surface area contributed by atoms with E-state index in [1.54, 1.807) is 6.07 Å². The van der Waals surface area contributed by atoms with Gasteiger partial charge in [-0.05, 0) is 37.0 Å². The quantitative estimate of drug-likeness (QED) is 0.818. The number of nitriles is 1. The Morgan fingerprint density at radius 1 is 1.47 bits per heavy atom. The fourth-order valence-electron chi connectivity index (χ4n) is 1.35. The Bertz CT molecular complexity index is 418. The van der Waals surface area contributed by atoms with E-state index in [9.17, 15) is 4.79 Å². The zero-order valence-electron chi connectivity index (χ0n) is 8.82. The van der Waals surface area contributed by atoms with Crippen LogP contribution in [0.25, 0.3) is 0 Å². The van der Waals surface area contributed by atoms with Crippen molar-refractivity contribution in [1.29, 1.82) is 5.26 Å². The van der Waals surface area contributed by atoms with Crippen LogP contribution >= 0.6 is 0 Å². The van der Waals surface area contributed by atoms with Crippen LogP contribution in [0.5, 0.6) is 0 Å². The molecule has 3 heteroatoms. The monoisotopic (exact) mass is 203 g/mol. The van der Waals surface area contributed by atoms with Gasteiger partial charge in [-0.2, -0.15) is 5.26 Å². The van der Waals surface area contributed by atoms with Crippen molar-refractivity contribution in [2.45, 2.75) is 20.3 Å². The van der Waals surface area contributed by atoms with Gasteiger partial charge < -0.3 is 5.11 Å². The highest BCUT2D eigenvalue weighted by Gasteiger charge is 2.16. The maximum atomic E-state index is 10.7. The summed E-state index contributed by atoms with van der Waals surface area (Å²) in [7, 11) is 0. The maximum Gasteiger partial charge on any atom is 0.321 e. The van der Waals surface area contributed by atoms with Gasteiger partial charge >= 0.3 is 5.97 Å². The van der Waals surface area contributed by atoms with Gasteiger partial charge in [0.15, 0.2) is 0 Å². The fraction of sp³-hybridized carbons (Fsp3) is 0.333. The van der Waals surface area contributed by atoms with E-state index in [0.717, 1.165) is 11.1 Å². The van der Waals surface area contributed by atoms with Gasteiger partial charge in [0, 0.05) is 0 Å². The third kappa shape index (κ3) is 2.81. The molecular formula is C12H13NO2. The molecule has 1 aromatic rings. The molecule has 0 aliphatic rings. The van der Waals surface area contributed by atoms with Crippen molar-refractivity contribution in [3.8, 4) is 6.07 Å². The Labute approximate surface area is 89.0 Å². The summed E-state index contributed by atoms with van der Waals surface area (Å²) in [4.78, 5) is 10.7. The molecule has 0 aromatic heterocycles. The number of aryl methyl sites for hydroxylation is 2. The lowest BCUT2D eigenvalue weighted by Gasteiger charge is -2.06. The highest BCUT2D eigenvalue weighted by atomic mass is 16.4. The standard InChI is InChI=1S/C12H13NO2/c1-8-3-4-10(5-9(8)2)6-11(7-13)12(14)15/h3-5,11H,6H2,1-2H3,(H,14,15)/t11-/m1/s1. The molecule has 0 radical (unpaired) electrons. The molecule has 1 atom stereocenters. The van der Waals surface area contributed by atoms with Gasteiger partial charge in [-0.15, -0.1) is 0 Å². The molecule has 15 heavy (non-hydrogen) atoms. The van der Waals surface area contributed by atoms with E-state index in [0.29, 0.717) is 0 Å². The molecule has 0 aliphatic carbocycles. The predicted octanol–water partition coefficient (Wildman–Crippen LogP) is 2.07. The van der Waals surface area contributed by atoms with Crippen molar-refractivity contribution in [3.63, 3.8) is 0 Å². The second-order valence-corrected chi connectivity index (χ2v) is 3.64. The van der Waals surface area contributed by atoms with Crippen LogP contribution in [0, 0.1) is 31.1 Å². The van der Waals surface area contributed by atoms with Crippen molar-refractivity contribution in [2.24, 2.45) is 5.92 Å². The number of nitrogens with zero attached hydrogens (tertiary/aromatic N) is 1. The minimum absolute atomic E-state index is 0.271. The van der Waals surface area contributed by atoms with Crippen LogP contribution in [0.15, 0.2) is 18.2 Å². The molecule has 0 aliphatic heterocycles. The minimum Gasteiger partial charge on any atom is -0.480 e. The van der Waals surface area contributed by atoms with Crippen molar-refractivity contribution >= 4 is 5.97 Å². The zero-order chi connectivity index (χ0) is 11.4. The molecule has 0 heterocycles. The third-order valence-electron chi connectivity index (χ3n) is 2.47. The van der Waals surface area contributed by atoms with Crippen LogP contribution in [0.4, 0.5) is 0 Å². The van der Waals surface area contributed by atoms with E-state index in [-0.39, 0.29) is 6.42 Å². The first-order valence-corrected chi connectivity index (χ1v) is 4.73. The summed E-state index contributed by atoms with van der Waals surface area (Å²) in [5.74, 6) is -2.01. The summed E-state index contributed by atoms with van der Waals surface area (Å²) in [5, 5.41) is 17.4. The van der Waals surface area contributed by atoms with E-state index >= 15 is 0 Å². The first-order chi connectivity index (χ1) is 7.04. The summed E-state index contributed by atoms with van der Waals surface area (Å²) in [6.07, 6.45) is 0.271. The molecule has 1 rings (SSSR count). The first-order valence-electron chi connectivity index (χ1n) is 4.73. The molecule has 3 nitrogen and oxygen atoms in total. The predicted molar refractivity (Wildman–Crippen MR) is 56.4 cm³/mol. The number of carboxylic acids is 1. The van der Waals surface area contributed by atoms with E-state index < -0.39 is 11.9 Å².